The minimum Gasteiger partial charge on any atom is -0.293 e. The highest BCUT2D eigenvalue weighted by atomic mass is 19.1. The standard InChI is InChI=1S/C12H12FN3O/c1-7-5-4-6-10(11(7)13)16-8(2)12(9(3)17)14-15-16/h4-6H,1-3H3. The number of rotatable bonds is 2. The Balaban J connectivity index is 2.62. The van der Waals surface area contributed by atoms with E-state index in [9.17, 15) is 9.18 Å². The van der Waals surface area contributed by atoms with Gasteiger partial charge in [-0.3, -0.25) is 4.79 Å². The highest BCUT2D eigenvalue weighted by molar-refractivity contribution is 5.93. The van der Waals surface area contributed by atoms with Crippen LogP contribution in [-0.2, 0) is 0 Å². The number of aromatic nitrogens is 3. The summed E-state index contributed by atoms with van der Waals surface area (Å²) in [5.41, 5.74) is 1.65. The Kier molecular flexibility index (Phi) is 2.75. The number of ketones is 1. The van der Waals surface area contributed by atoms with Gasteiger partial charge in [-0.15, -0.1) is 5.10 Å². The van der Waals surface area contributed by atoms with E-state index >= 15 is 0 Å². The van der Waals surface area contributed by atoms with Gasteiger partial charge in [-0.05, 0) is 25.5 Å². The highest BCUT2D eigenvalue weighted by Gasteiger charge is 2.16. The number of aryl methyl sites for hydroxylation is 1. The fourth-order valence-corrected chi connectivity index (χ4v) is 1.68. The number of benzene rings is 1. The molecule has 0 aliphatic carbocycles. The molecule has 0 amide bonds. The highest BCUT2D eigenvalue weighted by Crippen LogP contribution is 2.18. The van der Waals surface area contributed by atoms with Gasteiger partial charge >= 0.3 is 0 Å². The van der Waals surface area contributed by atoms with Crippen LogP contribution in [0, 0.1) is 19.7 Å². The topological polar surface area (TPSA) is 47.8 Å². The van der Waals surface area contributed by atoms with E-state index in [-0.39, 0.29) is 17.3 Å². The third kappa shape index (κ3) is 1.84. The Morgan fingerprint density at radius 1 is 1.35 bits per heavy atom. The predicted octanol–water partition coefficient (Wildman–Crippen LogP) is 2.23. The van der Waals surface area contributed by atoms with Crippen molar-refractivity contribution in [3.05, 3.63) is 41.0 Å². The van der Waals surface area contributed by atoms with Crippen LogP contribution in [0.2, 0.25) is 0 Å². The summed E-state index contributed by atoms with van der Waals surface area (Å²) in [6.45, 7) is 4.78. The van der Waals surface area contributed by atoms with Gasteiger partial charge in [0, 0.05) is 6.92 Å². The van der Waals surface area contributed by atoms with Gasteiger partial charge < -0.3 is 0 Å². The molecule has 88 valence electrons. The van der Waals surface area contributed by atoms with E-state index in [1.807, 2.05) is 0 Å². The Labute approximate surface area is 98.1 Å². The zero-order valence-electron chi connectivity index (χ0n) is 9.86. The number of Topliss-reactive ketones (excluding diaryl/α,β-unsaturated/α-hetero) is 1. The summed E-state index contributed by atoms with van der Waals surface area (Å²) in [7, 11) is 0. The number of hydrogen-bond acceptors (Lipinski definition) is 3. The molecular formula is C12H12FN3O. The summed E-state index contributed by atoms with van der Waals surface area (Å²) < 4.78 is 15.3. The molecule has 17 heavy (non-hydrogen) atoms. The van der Waals surface area contributed by atoms with Gasteiger partial charge in [-0.25, -0.2) is 9.07 Å². The smallest absolute Gasteiger partial charge is 0.181 e. The first kappa shape index (κ1) is 11.4. The normalized spacial score (nSPS) is 10.6. The molecule has 2 rings (SSSR count). The molecule has 1 heterocycles. The first-order valence-corrected chi connectivity index (χ1v) is 5.21. The fraction of sp³-hybridized carbons (Fsp3) is 0.250. The van der Waals surface area contributed by atoms with E-state index in [4.69, 9.17) is 0 Å². The van der Waals surface area contributed by atoms with Gasteiger partial charge in [0.15, 0.2) is 17.3 Å². The Morgan fingerprint density at radius 2 is 2.06 bits per heavy atom. The number of carbonyl (C=O) groups is 1. The second kappa shape index (κ2) is 4.08. The molecule has 1 aromatic carbocycles. The Morgan fingerprint density at radius 3 is 2.65 bits per heavy atom. The van der Waals surface area contributed by atoms with Gasteiger partial charge in [0.1, 0.15) is 5.69 Å². The second-order valence-corrected chi connectivity index (χ2v) is 3.90. The first-order chi connectivity index (χ1) is 8.02. The summed E-state index contributed by atoms with van der Waals surface area (Å²) in [5.74, 6) is -0.530. The molecule has 5 heteroatoms. The van der Waals surface area contributed by atoms with Crippen molar-refractivity contribution in [1.82, 2.24) is 15.0 Å². The molecular weight excluding hydrogens is 221 g/mol. The maximum absolute atomic E-state index is 13.9. The van der Waals surface area contributed by atoms with E-state index in [0.717, 1.165) is 0 Å². The average Bonchev–Trinajstić information content (AvgIpc) is 2.64. The molecule has 0 radical (unpaired) electrons. The van der Waals surface area contributed by atoms with Gasteiger partial charge in [-0.2, -0.15) is 0 Å². The third-order valence-corrected chi connectivity index (χ3v) is 2.63. The molecule has 0 aliphatic rings. The van der Waals surface area contributed by atoms with Crippen molar-refractivity contribution >= 4 is 5.78 Å². The number of halogens is 1. The summed E-state index contributed by atoms with van der Waals surface area (Å²) in [6.07, 6.45) is 0. The lowest BCUT2D eigenvalue weighted by Crippen LogP contribution is -2.04. The maximum atomic E-state index is 13.9. The monoisotopic (exact) mass is 233 g/mol. The Hall–Kier alpha value is -2.04. The lowest BCUT2D eigenvalue weighted by atomic mass is 10.2. The number of carbonyl (C=O) groups excluding carboxylic acids is 1. The van der Waals surface area contributed by atoms with E-state index in [0.29, 0.717) is 16.9 Å². The zero-order chi connectivity index (χ0) is 12.6. The van der Waals surface area contributed by atoms with E-state index in [1.165, 1.54) is 11.6 Å². The quantitative estimate of drug-likeness (QED) is 0.747. The largest absolute Gasteiger partial charge is 0.293 e. The molecule has 0 aliphatic heterocycles. The predicted molar refractivity (Wildman–Crippen MR) is 60.8 cm³/mol. The summed E-state index contributed by atoms with van der Waals surface area (Å²) in [4.78, 5) is 11.3. The van der Waals surface area contributed by atoms with Crippen LogP contribution < -0.4 is 0 Å². The second-order valence-electron chi connectivity index (χ2n) is 3.90. The van der Waals surface area contributed by atoms with Crippen LogP contribution >= 0.6 is 0 Å². The van der Waals surface area contributed by atoms with Crippen LogP contribution in [0.3, 0.4) is 0 Å². The van der Waals surface area contributed by atoms with Gasteiger partial charge in [-0.1, -0.05) is 17.3 Å². The molecule has 0 unspecified atom stereocenters. The van der Waals surface area contributed by atoms with E-state index in [1.54, 1.807) is 32.0 Å². The van der Waals surface area contributed by atoms with Crippen molar-refractivity contribution < 1.29 is 9.18 Å². The fourth-order valence-electron chi connectivity index (χ4n) is 1.68. The molecule has 1 aromatic heterocycles. The van der Waals surface area contributed by atoms with Crippen LogP contribution in [0.1, 0.15) is 28.7 Å². The minimum absolute atomic E-state index is 0.179. The van der Waals surface area contributed by atoms with Crippen molar-refractivity contribution in [3.63, 3.8) is 0 Å². The van der Waals surface area contributed by atoms with Crippen LogP contribution in [-0.4, -0.2) is 20.8 Å². The van der Waals surface area contributed by atoms with Gasteiger partial charge in [0.05, 0.1) is 5.69 Å². The van der Waals surface area contributed by atoms with Gasteiger partial charge in [0.25, 0.3) is 0 Å². The van der Waals surface area contributed by atoms with Crippen molar-refractivity contribution in [2.24, 2.45) is 0 Å². The van der Waals surface area contributed by atoms with Crippen LogP contribution in [0.5, 0.6) is 0 Å². The summed E-state index contributed by atoms with van der Waals surface area (Å²) in [5, 5.41) is 7.57. The van der Waals surface area contributed by atoms with Crippen molar-refractivity contribution in [2.45, 2.75) is 20.8 Å². The first-order valence-electron chi connectivity index (χ1n) is 5.21. The lowest BCUT2D eigenvalue weighted by molar-refractivity contribution is 0.101. The minimum atomic E-state index is -0.351. The van der Waals surface area contributed by atoms with Gasteiger partial charge in [0.2, 0.25) is 0 Å². The average molecular weight is 233 g/mol. The maximum Gasteiger partial charge on any atom is 0.181 e. The summed E-state index contributed by atoms with van der Waals surface area (Å²) >= 11 is 0. The van der Waals surface area contributed by atoms with Crippen molar-refractivity contribution in [1.29, 1.82) is 0 Å². The van der Waals surface area contributed by atoms with Crippen LogP contribution in [0.15, 0.2) is 18.2 Å². The molecule has 4 nitrogen and oxygen atoms in total. The molecule has 0 spiro atoms. The van der Waals surface area contributed by atoms with Crippen LogP contribution in [0.25, 0.3) is 5.69 Å². The Bertz CT molecular complexity index is 589. The molecule has 0 N–H and O–H groups in total. The molecule has 0 bridgehead atoms. The van der Waals surface area contributed by atoms with E-state index in [2.05, 4.69) is 10.3 Å². The number of hydrogen-bond donors (Lipinski definition) is 0. The van der Waals surface area contributed by atoms with Crippen molar-refractivity contribution in [2.75, 3.05) is 0 Å². The third-order valence-electron chi connectivity index (χ3n) is 2.63. The molecule has 0 atom stereocenters. The number of nitrogens with zero attached hydrogens (tertiary/aromatic N) is 3. The lowest BCUT2D eigenvalue weighted by Gasteiger charge is -2.06. The zero-order valence-corrected chi connectivity index (χ0v) is 9.86. The van der Waals surface area contributed by atoms with Crippen molar-refractivity contribution in [3.8, 4) is 5.69 Å². The molecule has 0 fully saturated rings. The molecule has 2 aromatic rings. The molecule has 0 saturated carbocycles. The van der Waals surface area contributed by atoms with E-state index < -0.39 is 0 Å². The van der Waals surface area contributed by atoms with Crippen LogP contribution in [0.4, 0.5) is 4.39 Å². The SMILES string of the molecule is CC(=O)c1nnn(-c2cccc(C)c2F)c1C. The summed E-state index contributed by atoms with van der Waals surface area (Å²) in [6, 6.07) is 5.02. The molecule has 0 saturated heterocycles.